The van der Waals surface area contributed by atoms with Gasteiger partial charge in [-0.05, 0) is 18.4 Å². The number of carbonyl (C=O) groups is 1. The summed E-state index contributed by atoms with van der Waals surface area (Å²) in [5.74, 6) is 0.0178. The van der Waals surface area contributed by atoms with Crippen molar-refractivity contribution in [2.24, 2.45) is 0 Å². The van der Waals surface area contributed by atoms with Crippen molar-refractivity contribution in [1.82, 2.24) is 0 Å². The number of hydrogen-bond donors (Lipinski definition) is 1. The molecule has 1 N–H and O–H groups in total. The molecule has 1 aromatic carbocycles. The second-order valence-electron chi connectivity index (χ2n) is 3.37. The van der Waals surface area contributed by atoms with Crippen LogP contribution in [0.4, 0.5) is 5.69 Å². The van der Waals surface area contributed by atoms with Gasteiger partial charge in [0.1, 0.15) is 11.8 Å². The Kier molecular flexibility index (Phi) is 5.76. The lowest BCUT2D eigenvalue weighted by molar-refractivity contribution is -0.135. The number of nitriles is 1. The van der Waals surface area contributed by atoms with Gasteiger partial charge in [-0.2, -0.15) is 5.26 Å². The van der Waals surface area contributed by atoms with E-state index in [2.05, 4.69) is 10.1 Å². The Morgan fingerprint density at radius 1 is 1.42 bits per heavy atom. The number of methoxy groups -OCH3 is 2. The van der Waals surface area contributed by atoms with Crippen LogP contribution in [0.25, 0.3) is 0 Å². The lowest BCUT2D eigenvalue weighted by atomic mass is 10.3. The summed E-state index contributed by atoms with van der Waals surface area (Å²) >= 11 is 1.26. The van der Waals surface area contributed by atoms with Crippen molar-refractivity contribution < 1.29 is 14.3 Å². The van der Waals surface area contributed by atoms with Gasteiger partial charge in [0.25, 0.3) is 0 Å². The molecule has 100 valence electrons. The van der Waals surface area contributed by atoms with Crippen molar-refractivity contribution in [3.8, 4) is 11.8 Å². The van der Waals surface area contributed by atoms with Gasteiger partial charge in [0, 0.05) is 11.8 Å². The van der Waals surface area contributed by atoms with Gasteiger partial charge >= 0.3 is 5.97 Å². The summed E-state index contributed by atoms with van der Waals surface area (Å²) in [5.41, 5.74) is 0.665. The van der Waals surface area contributed by atoms with E-state index in [0.29, 0.717) is 10.8 Å². The SMILES string of the molecule is COC(=O)/C(C#N)=C(/Nc1cccc(OC)c1)SC. The first-order valence-electron chi connectivity index (χ1n) is 5.34. The molecule has 1 rings (SSSR count). The van der Waals surface area contributed by atoms with E-state index in [-0.39, 0.29) is 5.57 Å². The van der Waals surface area contributed by atoms with E-state index >= 15 is 0 Å². The molecule has 0 amide bonds. The minimum Gasteiger partial charge on any atom is -0.497 e. The largest absolute Gasteiger partial charge is 0.497 e. The maximum absolute atomic E-state index is 11.5. The number of rotatable bonds is 5. The van der Waals surface area contributed by atoms with Crippen LogP contribution in [0.2, 0.25) is 0 Å². The monoisotopic (exact) mass is 278 g/mol. The fourth-order valence-corrected chi connectivity index (χ4v) is 1.89. The van der Waals surface area contributed by atoms with Gasteiger partial charge in [-0.25, -0.2) is 4.79 Å². The molecular formula is C13H14N2O3S. The van der Waals surface area contributed by atoms with Gasteiger partial charge in [0.15, 0.2) is 5.57 Å². The third-order valence-corrected chi connectivity index (χ3v) is 2.97. The third-order valence-electron chi connectivity index (χ3n) is 2.26. The maximum atomic E-state index is 11.5. The number of carbonyl (C=O) groups excluding carboxylic acids is 1. The minimum absolute atomic E-state index is 0.0576. The molecule has 0 unspecified atom stereocenters. The second-order valence-corrected chi connectivity index (χ2v) is 4.19. The van der Waals surface area contributed by atoms with Crippen LogP contribution in [-0.2, 0) is 9.53 Å². The Bertz CT molecular complexity index is 535. The van der Waals surface area contributed by atoms with Gasteiger partial charge in [-0.1, -0.05) is 6.07 Å². The van der Waals surface area contributed by atoms with Crippen LogP contribution in [0.15, 0.2) is 34.9 Å². The predicted molar refractivity (Wildman–Crippen MR) is 74.8 cm³/mol. The molecule has 0 aromatic heterocycles. The van der Waals surface area contributed by atoms with Crippen molar-refractivity contribution >= 4 is 23.4 Å². The van der Waals surface area contributed by atoms with E-state index in [1.807, 2.05) is 18.2 Å². The molecule has 0 atom stereocenters. The quantitative estimate of drug-likeness (QED) is 0.506. The first kappa shape index (κ1) is 14.9. The Hall–Kier alpha value is -2.13. The highest BCUT2D eigenvalue weighted by molar-refractivity contribution is 8.02. The van der Waals surface area contributed by atoms with Crippen molar-refractivity contribution in [2.75, 3.05) is 25.8 Å². The zero-order valence-electron chi connectivity index (χ0n) is 10.9. The number of nitrogens with one attached hydrogen (secondary N) is 1. The molecule has 0 radical (unpaired) electrons. The highest BCUT2D eigenvalue weighted by atomic mass is 32.2. The van der Waals surface area contributed by atoms with E-state index in [0.717, 1.165) is 5.69 Å². The number of anilines is 1. The van der Waals surface area contributed by atoms with Gasteiger partial charge < -0.3 is 14.8 Å². The lowest BCUT2D eigenvalue weighted by Gasteiger charge is -2.11. The van der Waals surface area contributed by atoms with Crippen molar-refractivity contribution in [2.45, 2.75) is 0 Å². The number of esters is 1. The Balaban J connectivity index is 3.07. The van der Waals surface area contributed by atoms with Crippen molar-refractivity contribution in [3.63, 3.8) is 0 Å². The zero-order chi connectivity index (χ0) is 14.3. The average molecular weight is 278 g/mol. The number of ether oxygens (including phenoxy) is 2. The summed E-state index contributed by atoms with van der Waals surface area (Å²) in [7, 11) is 2.81. The minimum atomic E-state index is -0.665. The van der Waals surface area contributed by atoms with Gasteiger partial charge in [-0.15, -0.1) is 11.8 Å². The third kappa shape index (κ3) is 3.93. The highest BCUT2D eigenvalue weighted by Crippen LogP contribution is 2.24. The molecule has 0 fully saturated rings. The summed E-state index contributed by atoms with van der Waals surface area (Å²) < 4.78 is 9.68. The van der Waals surface area contributed by atoms with Gasteiger partial charge in [0.05, 0.1) is 19.2 Å². The zero-order valence-corrected chi connectivity index (χ0v) is 11.7. The van der Waals surface area contributed by atoms with Crippen LogP contribution >= 0.6 is 11.8 Å². The summed E-state index contributed by atoms with van der Waals surface area (Å²) in [6.07, 6.45) is 1.77. The summed E-state index contributed by atoms with van der Waals surface area (Å²) in [6, 6.07) is 9.03. The molecular weight excluding hydrogens is 264 g/mol. The number of nitrogens with zero attached hydrogens (tertiary/aromatic N) is 1. The smallest absolute Gasteiger partial charge is 0.351 e. The van der Waals surface area contributed by atoms with Crippen molar-refractivity contribution in [1.29, 1.82) is 5.26 Å². The molecule has 0 bridgehead atoms. The fraction of sp³-hybridized carbons (Fsp3) is 0.231. The molecule has 19 heavy (non-hydrogen) atoms. The average Bonchev–Trinajstić information content (AvgIpc) is 2.46. The van der Waals surface area contributed by atoms with E-state index in [4.69, 9.17) is 10.00 Å². The van der Waals surface area contributed by atoms with E-state index in [1.54, 1.807) is 25.5 Å². The van der Waals surface area contributed by atoms with E-state index in [9.17, 15) is 4.79 Å². The molecule has 0 heterocycles. The molecule has 0 aliphatic carbocycles. The fourth-order valence-electron chi connectivity index (χ4n) is 1.34. The van der Waals surface area contributed by atoms with Crippen LogP contribution in [0, 0.1) is 11.3 Å². The number of hydrogen-bond acceptors (Lipinski definition) is 6. The van der Waals surface area contributed by atoms with Crippen LogP contribution < -0.4 is 10.1 Å². The number of thioether (sulfide) groups is 1. The van der Waals surface area contributed by atoms with E-state index < -0.39 is 5.97 Å². The molecule has 0 aliphatic heterocycles. The van der Waals surface area contributed by atoms with Gasteiger partial charge in [0.2, 0.25) is 0 Å². The Morgan fingerprint density at radius 2 is 2.16 bits per heavy atom. The summed E-state index contributed by atoms with van der Waals surface area (Å²) in [6.45, 7) is 0. The predicted octanol–water partition coefficient (Wildman–Crippen LogP) is 2.38. The molecule has 0 aliphatic rings. The van der Waals surface area contributed by atoms with Crippen molar-refractivity contribution in [3.05, 3.63) is 34.9 Å². The molecule has 0 saturated heterocycles. The molecule has 0 spiro atoms. The molecule has 1 aromatic rings. The van der Waals surface area contributed by atoms with Crippen LogP contribution in [0.5, 0.6) is 5.75 Å². The molecule has 0 saturated carbocycles. The lowest BCUT2D eigenvalue weighted by Crippen LogP contribution is -2.09. The summed E-state index contributed by atoms with van der Waals surface area (Å²) in [5, 5.41) is 12.5. The van der Waals surface area contributed by atoms with Crippen LogP contribution in [-0.4, -0.2) is 26.4 Å². The standard InChI is InChI=1S/C13H14N2O3S/c1-17-10-6-4-5-9(7-10)15-12(19-3)11(8-14)13(16)18-2/h4-7,15H,1-3H3/b12-11-. The molecule has 6 heteroatoms. The van der Waals surface area contributed by atoms with E-state index in [1.165, 1.54) is 18.9 Å². The highest BCUT2D eigenvalue weighted by Gasteiger charge is 2.15. The normalized spacial score (nSPS) is 11.1. The maximum Gasteiger partial charge on any atom is 0.351 e. The molecule has 5 nitrogen and oxygen atoms in total. The van der Waals surface area contributed by atoms with Gasteiger partial charge in [-0.3, -0.25) is 0 Å². The Morgan fingerprint density at radius 3 is 2.68 bits per heavy atom. The van der Waals surface area contributed by atoms with Crippen LogP contribution in [0.1, 0.15) is 0 Å². The summed E-state index contributed by atoms with van der Waals surface area (Å²) in [4.78, 5) is 11.5. The number of benzene rings is 1. The Labute approximate surface area is 116 Å². The topological polar surface area (TPSA) is 71.4 Å². The first-order valence-corrected chi connectivity index (χ1v) is 6.56. The first-order chi connectivity index (χ1) is 9.15. The van der Waals surface area contributed by atoms with Crippen LogP contribution in [0.3, 0.4) is 0 Å². The second kappa shape index (κ2) is 7.34.